The number of benzene rings is 2. The van der Waals surface area contributed by atoms with Crippen molar-refractivity contribution in [1.29, 1.82) is 0 Å². The van der Waals surface area contributed by atoms with Crippen molar-refractivity contribution in [2.75, 3.05) is 20.6 Å². The summed E-state index contributed by atoms with van der Waals surface area (Å²) < 4.78 is 13.7. The van der Waals surface area contributed by atoms with Crippen molar-refractivity contribution in [1.82, 2.24) is 15.5 Å². The zero-order chi connectivity index (χ0) is 18.9. The first-order chi connectivity index (χ1) is 12.5. The topological polar surface area (TPSA) is 56.7 Å². The molecule has 5 nitrogen and oxygen atoms in total. The van der Waals surface area contributed by atoms with Crippen LogP contribution >= 0.6 is 24.0 Å². The second-order valence-corrected chi connectivity index (χ2v) is 6.04. The van der Waals surface area contributed by atoms with E-state index in [0.29, 0.717) is 36.7 Å². The van der Waals surface area contributed by atoms with Gasteiger partial charge < -0.3 is 15.5 Å². The average Bonchev–Trinajstić information content (AvgIpc) is 2.65. The van der Waals surface area contributed by atoms with Gasteiger partial charge in [-0.3, -0.25) is 4.79 Å². The molecule has 27 heavy (non-hydrogen) atoms. The van der Waals surface area contributed by atoms with Crippen LogP contribution in [0.1, 0.15) is 28.4 Å². The van der Waals surface area contributed by atoms with Crippen LogP contribution in [0.4, 0.5) is 4.39 Å². The highest BCUT2D eigenvalue weighted by Crippen LogP contribution is 2.08. The standard InChI is InChI=1S/C20H25FN4O.HI/c1-4-22-20(24-14-17-7-5-6-8-18(17)21)23-13-15-9-11-16(12-10-15)19(26)25(2)3;/h5-12H,4,13-14H2,1-3H3,(H2,22,23,24);1H. The number of halogens is 2. The summed E-state index contributed by atoms with van der Waals surface area (Å²) in [7, 11) is 3.45. The van der Waals surface area contributed by atoms with Crippen molar-refractivity contribution >= 4 is 35.8 Å². The van der Waals surface area contributed by atoms with Gasteiger partial charge in [-0.25, -0.2) is 9.38 Å². The van der Waals surface area contributed by atoms with Crippen LogP contribution in [-0.4, -0.2) is 37.4 Å². The molecule has 0 bridgehead atoms. The van der Waals surface area contributed by atoms with E-state index in [9.17, 15) is 9.18 Å². The van der Waals surface area contributed by atoms with Crippen molar-refractivity contribution in [2.24, 2.45) is 4.99 Å². The van der Waals surface area contributed by atoms with Gasteiger partial charge >= 0.3 is 0 Å². The zero-order valence-corrected chi connectivity index (χ0v) is 18.2. The highest BCUT2D eigenvalue weighted by atomic mass is 127. The second kappa shape index (κ2) is 11.5. The second-order valence-electron chi connectivity index (χ2n) is 6.04. The molecule has 2 N–H and O–H groups in total. The number of carbonyl (C=O) groups is 1. The van der Waals surface area contributed by atoms with Gasteiger partial charge in [-0.2, -0.15) is 0 Å². The average molecular weight is 484 g/mol. The molecule has 0 atom stereocenters. The van der Waals surface area contributed by atoms with Crippen LogP contribution in [0.2, 0.25) is 0 Å². The Morgan fingerprint density at radius 2 is 1.74 bits per heavy atom. The third kappa shape index (κ3) is 7.16. The van der Waals surface area contributed by atoms with Crippen LogP contribution in [-0.2, 0) is 13.1 Å². The molecule has 0 saturated carbocycles. The number of rotatable bonds is 6. The summed E-state index contributed by atoms with van der Waals surface area (Å²) in [6.07, 6.45) is 0. The molecule has 0 saturated heterocycles. The van der Waals surface area contributed by atoms with E-state index in [4.69, 9.17) is 0 Å². The molecule has 0 aliphatic rings. The molecule has 0 heterocycles. The Morgan fingerprint density at radius 1 is 1.07 bits per heavy atom. The van der Waals surface area contributed by atoms with Crippen LogP contribution < -0.4 is 10.6 Å². The first-order valence-electron chi connectivity index (χ1n) is 8.57. The molecule has 2 aromatic carbocycles. The number of hydrogen-bond donors (Lipinski definition) is 2. The van der Waals surface area contributed by atoms with Crippen LogP contribution in [0.5, 0.6) is 0 Å². The van der Waals surface area contributed by atoms with Gasteiger partial charge in [0.05, 0.1) is 6.54 Å². The van der Waals surface area contributed by atoms with Gasteiger partial charge in [0, 0.05) is 38.3 Å². The lowest BCUT2D eigenvalue weighted by molar-refractivity contribution is 0.0827. The molecule has 0 spiro atoms. The summed E-state index contributed by atoms with van der Waals surface area (Å²) >= 11 is 0. The molecule has 0 unspecified atom stereocenters. The van der Waals surface area contributed by atoms with Crippen LogP contribution in [0, 0.1) is 5.82 Å². The molecule has 0 aliphatic heterocycles. The Hall–Kier alpha value is -2.16. The molecule has 0 aliphatic carbocycles. The Kier molecular flexibility index (Phi) is 9.77. The molecule has 7 heteroatoms. The number of aliphatic imine (C=N–C) groups is 1. The Balaban J connectivity index is 0.00000364. The lowest BCUT2D eigenvalue weighted by atomic mass is 10.1. The number of carbonyl (C=O) groups excluding carboxylic acids is 1. The maximum Gasteiger partial charge on any atom is 0.253 e. The van der Waals surface area contributed by atoms with Gasteiger partial charge in [-0.1, -0.05) is 30.3 Å². The third-order valence-corrected chi connectivity index (χ3v) is 3.78. The SMILES string of the molecule is CCNC(=NCc1ccc(C(=O)N(C)C)cc1)NCc1ccccc1F.I. The molecule has 0 fully saturated rings. The molecular weight excluding hydrogens is 458 g/mol. The highest BCUT2D eigenvalue weighted by Gasteiger charge is 2.07. The summed E-state index contributed by atoms with van der Waals surface area (Å²) in [4.78, 5) is 18.0. The van der Waals surface area contributed by atoms with E-state index in [1.807, 2.05) is 19.1 Å². The minimum absolute atomic E-state index is 0. The fourth-order valence-corrected chi connectivity index (χ4v) is 2.34. The number of guanidine groups is 1. The molecule has 0 radical (unpaired) electrons. The smallest absolute Gasteiger partial charge is 0.253 e. The van der Waals surface area contributed by atoms with E-state index in [1.165, 1.54) is 6.07 Å². The number of hydrogen-bond acceptors (Lipinski definition) is 2. The first kappa shape index (κ1) is 22.9. The maximum absolute atomic E-state index is 13.7. The quantitative estimate of drug-likeness (QED) is 0.376. The van der Waals surface area contributed by atoms with Crippen molar-refractivity contribution in [3.05, 3.63) is 71.0 Å². The van der Waals surface area contributed by atoms with E-state index in [2.05, 4.69) is 15.6 Å². The van der Waals surface area contributed by atoms with Gasteiger partial charge in [-0.15, -0.1) is 24.0 Å². The summed E-state index contributed by atoms with van der Waals surface area (Å²) in [5.74, 6) is 0.348. The van der Waals surface area contributed by atoms with Gasteiger partial charge in [0.15, 0.2) is 5.96 Å². The Morgan fingerprint density at radius 3 is 2.33 bits per heavy atom. The van der Waals surface area contributed by atoms with Crippen molar-refractivity contribution in [3.8, 4) is 0 Å². The molecule has 2 rings (SSSR count). The predicted octanol–water partition coefficient (Wildman–Crippen LogP) is 3.40. The monoisotopic (exact) mass is 484 g/mol. The van der Waals surface area contributed by atoms with Crippen molar-refractivity contribution in [3.63, 3.8) is 0 Å². The van der Waals surface area contributed by atoms with Crippen LogP contribution in [0.25, 0.3) is 0 Å². The summed E-state index contributed by atoms with van der Waals surface area (Å²) in [5.41, 5.74) is 2.22. The van der Waals surface area contributed by atoms with E-state index < -0.39 is 0 Å². The predicted molar refractivity (Wildman–Crippen MR) is 118 cm³/mol. The largest absolute Gasteiger partial charge is 0.357 e. The molecule has 0 aromatic heterocycles. The van der Waals surface area contributed by atoms with E-state index in [1.54, 1.807) is 49.3 Å². The Bertz CT molecular complexity index is 763. The lowest BCUT2D eigenvalue weighted by Gasteiger charge is -2.12. The van der Waals surface area contributed by atoms with Crippen molar-refractivity contribution in [2.45, 2.75) is 20.0 Å². The molecule has 1 amide bonds. The lowest BCUT2D eigenvalue weighted by Crippen LogP contribution is -2.37. The normalized spacial score (nSPS) is 10.7. The Labute approximate surface area is 177 Å². The summed E-state index contributed by atoms with van der Waals surface area (Å²) in [6.45, 7) is 3.50. The zero-order valence-electron chi connectivity index (χ0n) is 15.8. The molecular formula is C20H26FIN4O. The van der Waals surface area contributed by atoms with Crippen molar-refractivity contribution < 1.29 is 9.18 Å². The van der Waals surface area contributed by atoms with Gasteiger partial charge in [0.2, 0.25) is 0 Å². The maximum atomic E-state index is 13.7. The minimum Gasteiger partial charge on any atom is -0.357 e. The van der Waals surface area contributed by atoms with Crippen LogP contribution in [0.15, 0.2) is 53.5 Å². The van der Waals surface area contributed by atoms with E-state index in [-0.39, 0.29) is 35.7 Å². The summed E-state index contributed by atoms with van der Waals surface area (Å²) in [5, 5.41) is 6.27. The minimum atomic E-state index is -0.239. The van der Waals surface area contributed by atoms with Gasteiger partial charge in [0.25, 0.3) is 5.91 Å². The third-order valence-electron chi connectivity index (χ3n) is 3.78. The summed E-state index contributed by atoms with van der Waals surface area (Å²) in [6, 6.07) is 14.0. The molecule has 2 aromatic rings. The van der Waals surface area contributed by atoms with E-state index >= 15 is 0 Å². The molecule has 146 valence electrons. The van der Waals surface area contributed by atoms with Crippen LogP contribution in [0.3, 0.4) is 0 Å². The number of amides is 1. The fraction of sp³-hybridized carbons (Fsp3) is 0.300. The van der Waals surface area contributed by atoms with Gasteiger partial charge in [0.1, 0.15) is 5.82 Å². The number of nitrogens with zero attached hydrogens (tertiary/aromatic N) is 2. The van der Waals surface area contributed by atoms with Gasteiger partial charge in [-0.05, 0) is 30.7 Å². The highest BCUT2D eigenvalue weighted by molar-refractivity contribution is 14.0. The van der Waals surface area contributed by atoms with E-state index in [0.717, 1.165) is 5.56 Å². The first-order valence-corrected chi connectivity index (χ1v) is 8.57. The number of nitrogens with one attached hydrogen (secondary N) is 2. The fourth-order valence-electron chi connectivity index (χ4n) is 2.34.